The van der Waals surface area contributed by atoms with Gasteiger partial charge in [-0.25, -0.2) is 0 Å². The van der Waals surface area contributed by atoms with E-state index in [1.807, 2.05) is 0 Å². The molecular formula is C10H15BrO2. The van der Waals surface area contributed by atoms with E-state index in [1.54, 1.807) is 0 Å². The van der Waals surface area contributed by atoms with Crippen molar-refractivity contribution in [1.82, 2.24) is 0 Å². The number of ether oxygens (including phenoxy) is 1. The second-order valence-electron chi connectivity index (χ2n) is 4.61. The minimum Gasteiger partial charge on any atom is -0.469 e. The Labute approximate surface area is 87.2 Å². The lowest BCUT2D eigenvalue weighted by Gasteiger charge is -2.59. The summed E-state index contributed by atoms with van der Waals surface area (Å²) in [6.07, 6.45) is 6.06. The third-order valence-corrected chi connectivity index (χ3v) is 4.79. The van der Waals surface area contributed by atoms with Crippen LogP contribution in [0.25, 0.3) is 0 Å². The maximum Gasteiger partial charge on any atom is 0.312 e. The average molecular weight is 247 g/mol. The van der Waals surface area contributed by atoms with Gasteiger partial charge in [-0.05, 0) is 31.1 Å². The molecule has 2 fully saturated rings. The Balaban J connectivity index is 2.01. The number of halogens is 1. The van der Waals surface area contributed by atoms with Gasteiger partial charge in [0.1, 0.15) is 0 Å². The molecule has 0 aromatic carbocycles. The predicted octanol–water partition coefficient (Wildman–Crippen LogP) is 2.50. The van der Waals surface area contributed by atoms with Crippen LogP contribution in [0.15, 0.2) is 0 Å². The summed E-state index contributed by atoms with van der Waals surface area (Å²) in [4.78, 5) is 11.5. The van der Waals surface area contributed by atoms with Crippen LogP contribution in [0.4, 0.5) is 0 Å². The van der Waals surface area contributed by atoms with Crippen LogP contribution >= 0.6 is 15.9 Å². The summed E-state index contributed by atoms with van der Waals surface area (Å²) in [5.41, 5.74) is 0.344. The molecule has 2 aliphatic carbocycles. The van der Waals surface area contributed by atoms with Gasteiger partial charge in [0.25, 0.3) is 0 Å². The van der Waals surface area contributed by atoms with E-state index in [1.165, 1.54) is 26.4 Å². The first kappa shape index (κ1) is 9.50. The Morgan fingerprint density at radius 2 is 2.08 bits per heavy atom. The van der Waals surface area contributed by atoms with Crippen molar-refractivity contribution in [1.29, 1.82) is 0 Å². The molecule has 0 radical (unpaired) electrons. The number of hydrogen-bond acceptors (Lipinski definition) is 2. The Bertz CT molecular complexity index is 225. The van der Waals surface area contributed by atoms with E-state index < -0.39 is 0 Å². The van der Waals surface area contributed by atoms with Gasteiger partial charge < -0.3 is 4.74 Å². The lowest BCUT2D eigenvalue weighted by Crippen LogP contribution is -2.55. The molecule has 0 heterocycles. The monoisotopic (exact) mass is 246 g/mol. The summed E-state index contributed by atoms with van der Waals surface area (Å²) in [7, 11) is 1.48. The molecule has 0 saturated heterocycles. The fraction of sp³-hybridized carbons (Fsp3) is 0.900. The first-order valence-electron chi connectivity index (χ1n) is 4.81. The SMILES string of the molecule is COC(=O)C1(CBr)CC2(CCC2)C1. The first-order valence-corrected chi connectivity index (χ1v) is 5.93. The first-order chi connectivity index (χ1) is 6.16. The molecule has 2 saturated carbocycles. The minimum atomic E-state index is -0.185. The van der Waals surface area contributed by atoms with Gasteiger partial charge in [0.2, 0.25) is 0 Å². The third-order valence-electron chi connectivity index (χ3n) is 3.72. The summed E-state index contributed by atoms with van der Waals surface area (Å²) < 4.78 is 4.84. The summed E-state index contributed by atoms with van der Waals surface area (Å²) in [5.74, 6) is -0.0260. The van der Waals surface area contributed by atoms with E-state index >= 15 is 0 Å². The molecule has 2 nitrogen and oxygen atoms in total. The largest absolute Gasteiger partial charge is 0.469 e. The number of alkyl halides is 1. The number of methoxy groups -OCH3 is 1. The second-order valence-corrected chi connectivity index (χ2v) is 5.17. The number of hydrogen-bond donors (Lipinski definition) is 0. The van der Waals surface area contributed by atoms with Crippen LogP contribution in [-0.2, 0) is 9.53 Å². The van der Waals surface area contributed by atoms with Crippen molar-refractivity contribution in [2.24, 2.45) is 10.8 Å². The molecule has 2 aliphatic rings. The number of esters is 1. The molecule has 0 amide bonds. The normalized spacial score (nSPS) is 27.5. The molecule has 0 aliphatic heterocycles. The van der Waals surface area contributed by atoms with Gasteiger partial charge in [-0.15, -0.1) is 0 Å². The Morgan fingerprint density at radius 1 is 1.46 bits per heavy atom. The van der Waals surface area contributed by atoms with Crippen molar-refractivity contribution in [3.8, 4) is 0 Å². The van der Waals surface area contributed by atoms with Crippen LogP contribution in [0.5, 0.6) is 0 Å². The van der Waals surface area contributed by atoms with Crippen LogP contribution < -0.4 is 0 Å². The second kappa shape index (κ2) is 2.97. The maximum absolute atomic E-state index is 11.5. The molecule has 0 N–H and O–H groups in total. The van der Waals surface area contributed by atoms with Gasteiger partial charge in [0.05, 0.1) is 12.5 Å². The van der Waals surface area contributed by atoms with E-state index in [-0.39, 0.29) is 11.4 Å². The molecular weight excluding hydrogens is 232 g/mol. The molecule has 0 bridgehead atoms. The van der Waals surface area contributed by atoms with Crippen LogP contribution in [-0.4, -0.2) is 18.4 Å². The van der Waals surface area contributed by atoms with E-state index in [0.717, 1.165) is 18.2 Å². The molecule has 0 atom stereocenters. The van der Waals surface area contributed by atoms with E-state index in [0.29, 0.717) is 5.41 Å². The summed E-state index contributed by atoms with van der Waals surface area (Å²) in [6.45, 7) is 0. The summed E-state index contributed by atoms with van der Waals surface area (Å²) in [5, 5.41) is 0.758. The van der Waals surface area contributed by atoms with Gasteiger partial charge in [0.15, 0.2) is 0 Å². The van der Waals surface area contributed by atoms with E-state index in [2.05, 4.69) is 15.9 Å². The zero-order valence-corrected chi connectivity index (χ0v) is 9.52. The van der Waals surface area contributed by atoms with Crippen LogP contribution in [0, 0.1) is 10.8 Å². The molecule has 0 aromatic heterocycles. The van der Waals surface area contributed by atoms with Crippen molar-refractivity contribution in [3.63, 3.8) is 0 Å². The fourth-order valence-electron chi connectivity index (χ4n) is 2.92. The van der Waals surface area contributed by atoms with Crippen molar-refractivity contribution < 1.29 is 9.53 Å². The van der Waals surface area contributed by atoms with Crippen molar-refractivity contribution in [2.45, 2.75) is 32.1 Å². The highest BCUT2D eigenvalue weighted by Crippen LogP contribution is 2.65. The van der Waals surface area contributed by atoms with Crippen LogP contribution in [0.3, 0.4) is 0 Å². The summed E-state index contributed by atoms with van der Waals surface area (Å²) in [6, 6.07) is 0. The van der Waals surface area contributed by atoms with Crippen LogP contribution in [0.2, 0.25) is 0 Å². The highest BCUT2D eigenvalue weighted by Gasteiger charge is 2.60. The Morgan fingerprint density at radius 3 is 2.38 bits per heavy atom. The van der Waals surface area contributed by atoms with E-state index in [9.17, 15) is 4.79 Å². The van der Waals surface area contributed by atoms with Gasteiger partial charge in [-0.2, -0.15) is 0 Å². The van der Waals surface area contributed by atoms with Crippen molar-refractivity contribution in [3.05, 3.63) is 0 Å². The average Bonchev–Trinajstić information content (AvgIpc) is 2.00. The predicted molar refractivity (Wildman–Crippen MR) is 53.8 cm³/mol. The molecule has 0 aromatic rings. The lowest BCUT2D eigenvalue weighted by molar-refractivity contribution is -0.173. The minimum absolute atomic E-state index is 0.0260. The lowest BCUT2D eigenvalue weighted by atomic mass is 9.46. The molecule has 0 unspecified atom stereocenters. The van der Waals surface area contributed by atoms with Gasteiger partial charge >= 0.3 is 5.97 Å². The molecule has 2 rings (SSSR count). The molecule has 74 valence electrons. The van der Waals surface area contributed by atoms with Gasteiger partial charge in [-0.3, -0.25) is 4.79 Å². The summed E-state index contributed by atoms with van der Waals surface area (Å²) >= 11 is 3.43. The zero-order valence-electron chi connectivity index (χ0n) is 7.94. The van der Waals surface area contributed by atoms with Crippen molar-refractivity contribution >= 4 is 21.9 Å². The molecule has 13 heavy (non-hydrogen) atoms. The highest BCUT2D eigenvalue weighted by molar-refractivity contribution is 9.09. The highest BCUT2D eigenvalue weighted by atomic mass is 79.9. The quantitative estimate of drug-likeness (QED) is 0.553. The topological polar surface area (TPSA) is 26.3 Å². The molecule has 1 spiro atoms. The van der Waals surface area contributed by atoms with Gasteiger partial charge in [0, 0.05) is 5.33 Å². The number of carbonyl (C=O) groups is 1. The van der Waals surface area contributed by atoms with Crippen molar-refractivity contribution in [2.75, 3.05) is 12.4 Å². The zero-order chi connectivity index (χ0) is 9.53. The Hall–Kier alpha value is -0.0500. The van der Waals surface area contributed by atoms with Crippen LogP contribution in [0.1, 0.15) is 32.1 Å². The smallest absolute Gasteiger partial charge is 0.312 e. The number of rotatable bonds is 2. The fourth-order valence-corrected chi connectivity index (χ4v) is 3.55. The standard InChI is InChI=1S/C10H15BrO2/c1-13-8(12)10(7-11)5-9(6-10)3-2-4-9/h2-7H2,1H3. The van der Waals surface area contributed by atoms with Gasteiger partial charge in [-0.1, -0.05) is 22.4 Å². The van der Waals surface area contributed by atoms with E-state index in [4.69, 9.17) is 4.74 Å². The maximum atomic E-state index is 11.5. The third kappa shape index (κ3) is 1.24. The Kier molecular flexibility index (Phi) is 2.17. The molecule has 3 heteroatoms. The number of carbonyl (C=O) groups excluding carboxylic acids is 1.